The summed E-state index contributed by atoms with van der Waals surface area (Å²) in [5, 5.41) is 8.79. The third kappa shape index (κ3) is 1.79. The van der Waals surface area contributed by atoms with Crippen LogP contribution in [-0.2, 0) is 9.59 Å². The maximum Gasteiger partial charge on any atom is 0.278 e. The zero-order valence-electron chi connectivity index (χ0n) is 8.70. The summed E-state index contributed by atoms with van der Waals surface area (Å²) in [6.07, 6.45) is 0. The van der Waals surface area contributed by atoms with Crippen LogP contribution in [0.15, 0.2) is 28.3 Å². The summed E-state index contributed by atoms with van der Waals surface area (Å²) in [7, 11) is 0. The van der Waals surface area contributed by atoms with Crippen molar-refractivity contribution >= 4 is 40.7 Å². The standard InChI is InChI=1S/C11H7Cl2NO3/c1-5-4-6(2-3-7(5)15)14-10(16)8(12)9(13)11(14)17/h2-4,15H,1H3. The van der Waals surface area contributed by atoms with Crippen molar-refractivity contribution in [2.75, 3.05) is 4.90 Å². The summed E-state index contributed by atoms with van der Waals surface area (Å²) < 4.78 is 0. The molecule has 1 aromatic carbocycles. The van der Waals surface area contributed by atoms with Crippen molar-refractivity contribution in [2.45, 2.75) is 6.92 Å². The Morgan fingerprint density at radius 1 is 1.12 bits per heavy atom. The van der Waals surface area contributed by atoms with Crippen molar-refractivity contribution < 1.29 is 14.7 Å². The molecule has 6 heteroatoms. The predicted molar refractivity (Wildman–Crippen MR) is 64.1 cm³/mol. The highest BCUT2D eigenvalue weighted by molar-refractivity contribution is 6.62. The molecule has 4 nitrogen and oxygen atoms in total. The van der Waals surface area contributed by atoms with Crippen molar-refractivity contribution in [1.82, 2.24) is 0 Å². The molecule has 0 unspecified atom stereocenters. The molecular weight excluding hydrogens is 265 g/mol. The van der Waals surface area contributed by atoms with Crippen LogP contribution in [0.4, 0.5) is 5.69 Å². The fourth-order valence-electron chi connectivity index (χ4n) is 1.49. The lowest BCUT2D eigenvalue weighted by Crippen LogP contribution is -2.30. The van der Waals surface area contributed by atoms with Crippen molar-refractivity contribution in [3.05, 3.63) is 33.8 Å². The Balaban J connectivity index is 2.47. The van der Waals surface area contributed by atoms with Gasteiger partial charge in [-0.2, -0.15) is 0 Å². The lowest BCUT2D eigenvalue weighted by atomic mass is 10.2. The molecule has 0 bridgehead atoms. The number of halogens is 2. The number of phenolic OH excluding ortho intramolecular Hbond substituents is 1. The Bertz CT molecular complexity index is 542. The number of carbonyl (C=O) groups excluding carboxylic acids is 2. The maximum absolute atomic E-state index is 11.7. The van der Waals surface area contributed by atoms with Crippen LogP contribution in [0, 0.1) is 6.92 Å². The maximum atomic E-state index is 11.7. The van der Waals surface area contributed by atoms with Gasteiger partial charge in [-0.3, -0.25) is 9.59 Å². The number of anilines is 1. The summed E-state index contributed by atoms with van der Waals surface area (Å²) in [6, 6.07) is 4.34. The molecule has 1 heterocycles. The number of phenols is 1. The molecule has 0 fully saturated rings. The van der Waals surface area contributed by atoms with E-state index in [1.807, 2.05) is 0 Å². The third-order valence-corrected chi connectivity index (χ3v) is 3.21. The number of nitrogens with zero attached hydrogens (tertiary/aromatic N) is 1. The van der Waals surface area contributed by atoms with Crippen LogP contribution in [0.3, 0.4) is 0 Å². The van der Waals surface area contributed by atoms with Crippen LogP contribution in [0.2, 0.25) is 0 Å². The van der Waals surface area contributed by atoms with E-state index < -0.39 is 11.8 Å². The summed E-state index contributed by atoms with van der Waals surface area (Å²) in [5.74, 6) is -1.24. The molecule has 0 spiro atoms. The molecule has 0 radical (unpaired) electrons. The van der Waals surface area contributed by atoms with Gasteiger partial charge in [-0.25, -0.2) is 4.90 Å². The van der Waals surface area contributed by atoms with E-state index in [2.05, 4.69) is 0 Å². The summed E-state index contributed by atoms with van der Waals surface area (Å²) in [5.41, 5.74) is 0.867. The van der Waals surface area contributed by atoms with Gasteiger partial charge in [0.15, 0.2) is 0 Å². The number of carbonyl (C=O) groups is 2. The van der Waals surface area contributed by atoms with Crippen LogP contribution in [-0.4, -0.2) is 16.9 Å². The van der Waals surface area contributed by atoms with E-state index in [1.165, 1.54) is 18.2 Å². The first-order valence-electron chi connectivity index (χ1n) is 4.67. The molecule has 0 aliphatic carbocycles. The lowest BCUT2D eigenvalue weighted by Gasteiger charge is -2.15. The minimum absolute atomic E-state index is 0.0815. The van der Waals surface area contributed by atoms with E-state index in [0.717, 1.165) is 4.90 Å². The van der Waals surface area contributed by atoms with E-state index >= 15 is 0 Å². The number of amides is 2. The van der Waals surface area contributed by atoms with E-state index in [-0.39, 0.29) is 15.8 Å². The number of hydrogen-bond acceptors (Lipinski definition) is 3. The molecule has 1 N–H and O–H groups in total. The highest BCUT2D eigenvalue weighted by atomic mass is 35.5. The van der Waals surface area contributed by atoms with Crippen LogP contribution >= 0.6 is 23.2 Å². The van der Waals surface area contributed by atoms with Gasteiger partial charge in [0.1, 0.15) is 15.8 Å². The van der Waals surface area contributed by atoms with Crippen LogP contribution in [0.25, 0.3) is 0 Å². The third-order valence-electron chi connectivity index (χ3n) is 2.41. The molecule has 0 saturated carbocycles. The van der Waals surface area contributed by atoms with E-state index in [4.69, 9.17) is 23.2 Å². The Kier molecular flexibility index (Phi) is 2.85. The fraction of sp³-hybridized carbons (Fsp3) is 0.0909. The molecule has 0 aromatic heterocycles. The lowest BCUT2D eigenvalue weighted by molar-refractivity contribution is -0.120. The van der Waals surface area contributed by atoms with E-state index in [1.54, 1.807) is 6.92 Å². The zero-order valence-corrected chi connectivity index (χ0v) is 10.2. The molecule has 88 valence electrons. The second kappa shape index (κ2) is 4.05. The molecule has 17 heavy (non-hydrogen) atoms. The molecule has 0 atom stereocenters. The van der Waals surface area contributed by atoms with Gasteiger partial charge < -0.3 is 5.11 Å². The van der Waals surface area contributed by atoms with Crippen molar-refractivity contribution in [3.8, 4) is 5.75 Å². The molecule has 1 aromatic rings. The van der Waals surface area contributed by atoms with Gasteiger partial charge in [-0.05, 0) is 30.7 Å². The van der Waals surface area contributed by atoms with Gasteiger partial charge in [-0.15, -0.1) is 0 Å². The van der Waals surface area contributed by atoms with Crippen LogP contribution < -0.4 is 4.90 Å². The predicted octanol–water partition coefficient (Wildman–Crippen LogP) is 2.26. The first-order valence-corrected chi connectivity index (χ1v) is 5.42. The van der Waals surface area contributed by atoms with Gasteiger partial charge in [0.2, 0.25) is 0 Å². The summed E-state index contributed by atoms with van der Waals surface area (Å²) in [4.78, 5) is 24.3. The zero-order chi connectivity index (χ0) is 12.7. The van der Waals surface area contributed by atoms with Gasteiger partial charge in [0, 0.05) is 0 Å². The van der Waals surface area contributed by atoms with Crippen LogP contribution in [0.5, 0.6) is 5.75 Å². The van der Waals surface area contributed by atoms with E-state index in [9.17, 15) is 14.7 Å². The number of hydrogen-bond donors (Lipinski definition) is 1. The Morgan fingerprint density at radius 2 is 1.65 bits per heavy atom. The number of benzene rings is 1. The molecule has 0 saturated heterocycles. The highest BCUT2D eigenvalue weighted by Crippen LogP contribution is 2.32. The summed E-state index contributed by atoms with van der Waals surface area (Å²) >= 11 is 11.2. The first kappa shape index (κ1) is 12.0. The number of aromatic hydroxyl groups is 1. The average molecular weight is 272 g/mol. The van der Waals surface area contributed by atoms with Gasteiger partial charge in [0.05, 0.1) is 5.69 Å². The van der Waals surface area contributed by atoms with Crippen molar-refractivity contribution in [1.29, 1.82) is 0 Å². The van der Waals surface area contributed by atoms with Gasteiger partial charge in [0.25, 0.3) is 11.8 Å². The largest absolute Gasteiger partial charge is 0.508 e. The Hall–Kier alpha value is -1.52. The monoisotopic (exact) mass is 271 g/mol. The second-order valence-electron chi connectivity index (χ2n) is 3.54. The molecule has 1 aliphatic heterocycles. The minimum Gasteiger partial charge on any atom is -0.508 e. The van der Waals surface area contributed by atoms with Crippen molar-refractivity contribution in [3.63, 3.8) is 0 Å². The topological polar surface area (TPSA) is 57.6 Å². The molecule has 2 amide bonds. The molecule has 1 aliphatic rings. The summed E-state index contributed by atoms with van der Waals surface area (Å²) in [6.45, 7) is 1.65. The van der Waals surface area contributed by atoms with Gasteiger partial charge >= 0.3 is 0 Å². The SMILES string of the molecule is Cc1cc(N2C(=O)C(Cl)=C(Cl)C2=O)ccc1O. The first-order chi connectivity index (χ1) is 7.93. The normalized spacial score (nSPS) is 16.1. The van der Waals surface area contributed by atoms with E-state index in [0.29, 0.717) is 11.3 Å². The molecular formula is C11H7Cl2NO3. The number of rotatable bonds is 1. The minimum atomic E-state index is -0.660. The highest BCUT2D eigenvalue weighted by Gasteiger charge is 2.37. The fourth-order valence-corrected chi connectivity index (χ4v) is 1.82. The Labute approximate surface area is 107 Å². The van der Waals surface area contributed by atoms with Crippen molar-refractivity contribution in [2.24, 2.45) is 0 Å². The quantitative estimate of drug-likeness (QED) is 0.798. The smallest absolute Gasteiger partial charge is 0.278 e. The van der Waals surface area contributed by atoms with Crippen LogP contribution in [0.1, 0.15) is 5.56 Å². The second-order valence-corrected chi connectivity index (χ2v) is 4.30. The number of imide groups is 1. The average Bonchev–Trinajstić information content (AvgIpc) is 2.48. The Morgan fingerprint density at radius 3 is 2.12 bits per heavy atom. The van der Waals surface area contributed by atoms with Gasteiger partial charge in [-0.1, -0.05) is 23.2 Å². The molecule has 2 rings (SSSR count). The number of aryl methyl sites for hydroxylation is 1.